The number of aryl methyl sites for hydroxylation is 2. The van der Waals surface area contributed by atoms with Crippen molar-refractivity contribution in [3.63, 3.8) is 0 Å². The van der Waals surface area contributed by atoms with Gasteiger partial charge in [-0.25, -0.2) is 18.2 Å². The van der Waals surface area contributed by atoms with E-state index in [-0.39, 0.29) is 16.4 Å². The minimum Gasteiger partial charge on any atom is -0.465 e. The summed E-state index contributed by atoms with van der Waals surface area (Å²) in [5, 5.41) is 16.1. The van der Waals surface area contributed by atoms with Crippen molar-refractivity contribution >= 4 is 15.9 Å². The van der Waals surface area contributed by atoms with Crippen LogP contribution >= 0.6 is 0 Å². The van der Waals surface area contributed by atoms with Crippen LogP contribution in [0.1, 0.15) is 24.6 Å². The highest BCUT2D eigenvalue weighted by atomic mass is 32.2. The van der Waals surface area contributed by atoms with Crippen molar-refractivity contribution < 1.29 is 41.0 Å². The topological polar surface area (TPSA) is 146 Å². The van der Waals surface area contributed by atoms with Gasteiger partial charge in [-0.05, 0) is 60.5 Å². The lowest BCUT2D eigenvalue weighted by atomic mass is 9.94. The van der Waals surface area contributed by atoms with Crippen molar-refractivity contribution in [2.45, 2.75) is 31.1 Å². The molecule has 1 aliphatic rings. The molecule has 0 saturated carbocycles. The van der Waals surface area contributed by atoms with Gasteiger partial charge in [-0.15, -0.1) is 8.78 Å². The molecule has 1 amide bonds. The first-order valence-electron chi connectivity index (χ1n) is 13.5. The Morgan fingerprint density at radius 2 is 1.69 bits per heavy atom. The van der Waals surface area contributed by atoms with Crippen molar-refractivity contribution in [1.82, 2.24) is 20.1 Å². The minimum absolute atomic E-state index is 0.120. The summed E-state index contributed by atoms with van der Waals surface area (Å²) in [5.74, 6) is 0.314. The lowest BCUT2D eigenvalue weighted by molar-refractivity contribution is -0.286. The van der Waals surface area contributed by atoms with E-state index in [0.29, 0.717) is 56.6 Å². The van der Waals surface area contributed by atoms with E-state index in [2.05, 4.69) is 24.9 Å². The predicted molar refractivity (Wildman–Crippen MR) is 159 cm³/mol. The molecule has 14 heteroatoms. The Kier molecular flexibility index (Phi) is 7.11. The quantitative estimate of drug-likeness (QED) is 0.206. The summed E-state index contributed by atoms with van der Waals surface area (Å²) < 4.78 is 69.1. The van der Waals surface area contributed by atoms with E-state index in [4.69, 9.17) is 4.42 Å². The van der Waals surface area contributed by atoms with Gasteiger partial charge in [0.1, 0.15) is 5.69 Å². The van der Waals surface area contributed by atoms with Gasteiger partial charge in [-0.3, -0.25) is 4.68 Å². The zero-order chi connectivity index (χ0) is 32.3. The van der Waals surface area contributed by atoms with E-state index in [1.165, 1.54) is 18.2 Å². The summed E-state index contributed by atoms with van der Waals surface area (Å²) in [5.41, 5.74) is 4.28. The Balaban J connectivity index is 1.55. The zero-order valence-corrected chi connectivity index (χ0v) is 25.1. The monoisotopic (exact) mass is 636 g/mol. The molecular weight excluding hydrogens is 610 g/mol. The molecule has 45 heavy (non-hydrogen) atoms. The Morgan fingerprint density at radius 3 is 2.42 bits per heavy atom. The molecule has 232 valence electrons. The third-order valence-electron chi connectivity index (χ3n) is 7.23. The van der Waals surface area contributed by atoms with Crippen molar-refractivity contribution in [2.24, 2.45) is 7.05 Å². The van der Waals surface area contributed by atoms with Crippen LogP contribution in [-0.2, 0) is 16.9 Å². The van der Waals surface area contributed by atoms with Gasteiger partial charge in [0, 0.05) is 36.9 Å². The van der Waals surface area contributed by atoms with Gasteiger partial charge in [0.05, 0.1) is 22.3 Å². The van der Waals surface area contributed by atoms with Crippen LogP contribution in [0.3, 0.4) is 0 Å². The average Bonchev–Trinajstić information content (AvgIpc) is 3.64. The number of hydrogen-bond donors (Lipinski definition) is 2. The first-order chi connectivity index (χ1) is 21.2. The number of halogens is 2. The fourth-order valence-electron chi connectivity index (χ4n) is 5.16. The van der Waals surface area contributed by atoms with Crippen molar-refractivity contribution in [3.05, 3.63) is 78.3 Å². The van der Waals surface area contributed by atoms with E-state index in [1.54, 1.807) is 55.9 Å². The van der Waals surface area contributed by atoms with Gasteiger partial charge in [-0.1, -0.05) is 24.3 Å². The van der Waals surface area contributed by atoms with Gasteiger partial charge in [0.15, 0.2) is 33.0 Å². The minimum atomic E-state index is -3.80. The third kappa shape index (κ3) is 5.83. The molecule has 0 radical (unpaired) electrons. The summed E-state index contributed by atoms with van der Waals surface area (Å²) in [6.45, 7) is 3.31. The van der Waals surface area contributed by atoms with E-state index in [1.807, 2.05) is 18.2 Å². The molecule has 6 rings (SSSR count). The number of rotatable bonds is 7. The van der Waals surface area contributed by atoms with Gasteiger partial charge in [-0.2, -0.15) is 5.10 Å². The number of aromatic nitrogens is 3. The second-order valence-corrected chi connectivity index (χ2v) is 12.6. The smallest absolute Gasteiger partial charge is 0.465 e. The number of carboxylic acid groups (broad SMARTS) is 1. The molecule has 1 aliphatic heterocycles. The summed E-state index contributed by atoms with van der Waals surface area (Å²) in [7, 11) is -1.77. The first kappa shape index (κ1) is 29.8. The number of oxazole rings is 1. The molecule has 2 N–H and O–H groups in total. The van der Waals surface area contributed by atoms with Crippen LogP contribution in [0.5, 0.6) is 11.5 Å². The Bertz CT molecular complexity index is 2090. The maximum absolute atomic E-state index is 13.8. The highest BCUT2D eigenvalue weighted by molar-refractivity contribution is 7.90. The third-order valence-corrected chi connectivity index (χ3v) is 8.34. The first-order valence-corrected chi connectivity index (χ1v) is 15.4. The summed E-state index contributed by atoms with van der Waals surface area (Å²) in [6, 6.07) is 17.4. The fraction of sp³-hybridized carbons (Fsp3) is 0.194. The highest BCUT2D eigenvalue weighted by Gasteiger charge is 2.43. The SMILES string of the molecule is Cc1nc(-c2ccc3c(c2)OC(F)(F)O3)c(-c2cc(-c3cccc(S(C)(=O)=O)c3)ccc2-c2cc(C(C)NC(=O)O)nn2C)o1. The van der Waals surface area contributed by atoms with Crippen molar-refractivity contribution in [1.29, 1.82) is 0 Å². The summed E-state index contributed by atoms with van der Waals surface area (Å²) in [4.78, 5) is 16.0. The van der Waals surface area contributed by atoms with E-state index < -0.39 is 28.3 Å². The molecule has 3 aromatic carbocycles. The van der Waals surface area contributed by atoms with E-state index in [0.717, 1.165) is 6.26 Å². The second-order valence-electron chi connectivity index (χ2n) is 10.5. The molecular formula is C31H26F2N4O7S. The number of carbonyl (C=O) groups is 1. The predicted octanol–water partition coefficient (Wildman–Crippen LogP) is 6.44. The standard InChI is InChI=1S/C31H26F2N4O7S/c1-16(34-30(38)39)24-15-25(37(3)36-24)22-10-8-19(18-6-5-7-21(12-18)45(4,40)41)13-23(22)29-28(35-17(2)42-29)20-9-11-26-27(14-20)44-31(32,33)43-26/h5-16,34H,1-4H3,(H,38,39). The van der Waals surface area contributed by atoms with E-state index >= 15 is 0 Å². The molecule has 0 fully saturated rings. The number of benzene rings is 3. The fourth-order valence-corrected chi connectivity index (χ4v) is 5.82. The van der Waals surface area contributed by atoms with Crippen molar-refractivity contribution in [3.8, 4) is 56.5 Å². The number of sulfone groups is 1. The molecule has 1 unspecified atom stereocenters. The van der Waals surface area contributed by atoms with Crippen LogP contribution in [0.15, 0.2) is 76.0 Å². The Morgan fingerprint density at radius 1 is 0.978 bits per heavy atom. The van der Waals surface area contributed by atoms with Crippen LogP contribution in [0, 0.1) is 6.92 Å². The molecule has 0 spiro atoms. The summed E-state index contributed by atoms with van der Waals surface area (Å²) in [6.07, 6.45) is -3.86. The number of alkyl halides is 2. The number of nitrogens with one attached hydrogen (secondary N) is 1. The van der Waals surface area contributed by atoms with Crippen LogP contribution in [0.4, 0.5) is 13.6 Å². The molecule has 2 aromatic heterocycles. The molecule has 3 heterocycles. The molecule has 5 aromatic rings. The highest BCUT2D eigenvalue weighted by Crippen LogP contribution is 2.46. The molecule has 0 saturated heterocycles. The summed E-state index contributed by atoms with van der Waals surface area (Å²) >= 11 is 0. The van der Waals surface area contributed by atoms with Crippen LogP contribution < -0.4 is 14.8 Å². The molecule has 1 atom stereocenters. The van der Waals surface area contributed by atoms with E-state index in [9.17, 15) is 27.1 Å². The van der Waals surface area contributed by atoms with Gasteiger partial charge >= 0.3 is 12.4 Å². The number of amides is 1. The Labute approximate surface area is 256 Å². The van der Waals surface area contributed by atoms with Crippen LogP contribution in [0.2, 0.25) is 0 Å². The normalized spacial score (nSPS) is 14.4. The van der Waals surface area contributed by atoms with Gasteiger partial charge in [0.25, 0.3) is 0 Å². The Hall–Kier alpha value is -5.24. The lowest BCUT2D eigenvalue weighted by Gasteiger charge is -2.13. The number of ether oxygens (including phenoxy) is 2. The number of fused-ring (bicyclic) bond motifs is 1. The lowest BCUT2D eigenvalue weighted by Crippen LogP contribution is -2.25. The molecule has 0 aliphatic carbocycles. The van der Waals surface area contributed by atoms with Crippen molar-refractivity contribution in [2.75, 3.05) is 6.26 Å². The van der Waals surface area contributed by atoms with Crippen LogP contribution in [0.25, 0.3) is 45.0 Å². The molecule has 11 nitrogen and oxygen atoms in total. The maximum atomic E-state index is 13.8. The number of nitrogens with zero attached hydrogens (tertiary/aromatic N) is 3. The van der Waals surface area contributed by atoms with Gasteiger partial charge < -0.3 is 24.3 Å². The number of hydrogen-bond acceptors (Lipinski definition) is 8. The average molecular weight is 637 g/mol. The zero-order valence-electron chi connectivity index (χ0n) is 24.3. The second kappa shape index (κ2) is 10.7. The van der Waals surface area contributed by atoms with Gasteiger partial charge in [0.2, 0.25) is 0 Å². The van der Waals surface area contributed by atoms with Crippen LogP contribution in [-0.4, -0.2) is 46.9 Å². The largest absolute Gasteiger partial charge is 0.586 e. The maximum Gasteiger partial charge on any atom is 0.586 e. The molecule has 0 bridgehead atoms.